The van der Waals surface area contributed by atoms with Gasteiger partial charge in [-0.05, 0) is 40.3 Å². The molecule has 0 atom stereocenters. The number of esters is 1. The maximum Gasteiger partial charge on any atom is 0.337 e. The molecule has 2 heterocycles. The molecule has 0 saturated carbocycles. The fourth-order valence-corrected chi connectivity index (χ4v) is 1.86. The highest BCUT2D eigenvalue weighted by molar-refractivity contribution is 5.89. The molecule has 1 aromatic carbocycles. The summed E-state index contributed by atoms with van der Waals surface area (Å²) in [6.45, 7) is 4.52. The maximum absolute atomic E-state index is 11.5. The Morgan fingerprint density at radius 3 is 2.91 bits per heavy atom. The van der Waals surface area contributed by atoms with Gasteiger partial charge < -0.3 is 10.1 Å². The third-order valence-electron chi connectivity index (χ3n) is 2.89. The molecule has 0 fully saturated rings. The second kappa shape index (κ2) is 7.83. The van der Waals surface area contributed by atoms with E-state index in [2.05, 4.69) is 25.9 Å². The normalized spacial score (nSPS) is 9.87. The summed E-state index contributed by atoms with van der Waals surface area (Å²) in [6, 6.07) is 10.8. The van der Waals surface area contributed by atoms with Crippen molar-refractivity contribution in [3.63, 3.8) is 0 Å². The molecule has 3 aromatic rings. The number of anilines is 1. The Morgan fingerprint density at radius 1 is 1.30 bits per heavy atom. The molecule has 8 heteroatoms. The van der Waals surface area contributed by atoms with Gasteiger partial charge in [-0.15, -0.1) is 14.8 Å². The first-order valence-electron chi connectivity index (χ1n) is 7.23. The van der Waals surface area contributed by atoms with Crippen molar-refractivity contribution >= 4 is 17.4 Å². The van der Waals surface area contributed by atoms with Crippen molar-refractivity contribution in [3.8, 4) is 0 Å². The van der Waals surface area contributed by atoms with E-state index in [-0.39, 0.29) is 7.40 Å². The number of methoxy groups -OCH3 is 1. The van der Waals surface area contributed by atoms with Gasteiger partial charge in [0.25, 0.3) is 0 Å². The van der Waals surface area contributed by atoms with Crippen LogP contribution in [0.2, 0.25) is 0 Å². The van der Waals surface area contributed by atoms with E-state index in [1.165, 1.54) is 11.7 Å². The van der Waals surface area contributed by atoms with Crippen molar-refractivity contribution in [2.75, 3.05) is 12.4 Å². The van der Waals surface area contributed by atoms with Crippen molar-refractivity contribution in [3.05, 3.63) is 47.5 Å². The van der Waals surface area contributed by atoms with E-state index < -0.39 is 0 Å². The first-order valence-corrected chi connectivity index (χ1v) is 7.23. The molecule has 1 N–H and O–H groups in total. The topological polar surface area (TPSA) is 94.3 Å². The monoisotopic (exact) mass is 316 g/mol. The van der Waals surface area contributed by atoms with Crippen LogP contribution in [0.1, 0.15) is 31.2 Å². The molecule has 0 saturated heterocycles. The Balaban J connectivity index is 0.000000925. The molecule has 8 nitrogen and oxygen atoms in total. The lowest BCUT2D eigenvalue weighted by Crippen LogP contribution is -2.06. The SMILES string of the molecule is CC.COC(=O)c1cccc(CNc2ccc3nnnn3n2)c1.[HH]. The zero-order valence-corrected chi connectivity index (χ0v) is 13.2. The Kier molecular flexibility index (Phi) is 5.56. The summed E-state index contributed by atoms with van der Waals surface area (Å²) in [4.78, 5) is 11.5. The van der Waals surface area contributed by atoms with Gasteiger partial charge in [-0.3, -0.25) is 0 Å². The fourth-order valence-electron chi connectivity index (χ4n) is 1.86. The van der Waals surface area contributed by atoms with Crippen LogP contribution in [-0.2, 0) is 11.3 Å². The number of nitrogens with one attached hydrogen (secondary N) is 1. The lowest BCUT2D eigenvalue weighted by atomic mass is 10.1. The number of hydrogen-bond acceptors (Lipinski definition) is 7. The molecule has 0 amide bonds. The number of aromatic nitrogens is 5. The van der Waals surface area contributed by atoms with Crippen LogP contribution < -0.4 is 5.32 Å². The number of fused-ring (bicyclic) bond motifs is 1. The van der Waals surface area contributed by atoms with Gasteiger partial charge in [0, 0.05) is 7.97 Å². The second-order valence-corrected chi connectivity index (χ2v) is 4.29. The molecule has 0 spiro atoms. The minimum Gasteiger partial charge on any atom is -0.465 e. The van der Waals surface area contributed by atoms with E-state index in [4.69, 9.17) is 4.74 Å². The Morgan fingerprint density at radius 2 is 2.13 bits per heavy atom. The summed E-state index contributed by atoms with van der Waals surface area (Å²) in [5.74, 6) is 0.281. The minimum atomic E-state index is -0.356. The van der Waals surface area contributed by atoms with Gasteiger partial charge in [0.15, 0.2) is 5.65 Å². The van der Waals surface area contributed by atoms with E-state index in [0.29, 0.717) is 23.6 Å². The number of benzene rings is 1. The van der Waals surface area contributed by atoms with Crippen LogP contribution in [0.15, 0.2) is 36.4 Å². The summed E-state index contributed by atoms with van der Waals surface area (Å²) in [5.41, 5.74) is 2.03. The van der Waals surface area contributed by atoms with Crippen LogP contribution in [0.4, 0.5) is 5.82 Å². The number of ether oxygens (including phenoxy) is 1. The van der Waals surface area contributed by atoms with Crippen molar-refractivity contribution in [2.45, 2.75) is 20.4 Å². The number of hydrogen-bond donors (Lipinski definition) is 1. The molecular weight excluding hydrogens is 296 g/mol. The van der Waals surface area contributed by atoms with Crippen LogP contribution in [0, 0.1) is 0 Å². The predicted molar refractivity (Wildman–Crippen MR) is 87.1 cm³/mol. The lowest BCUT2D eigenvalue weighted by Gasteiger charge is -2.06. The van der Waals surface area contributed by atoms with Crippen LogP contribution in [0.5, 0.6) is 0 Å². The Hall–Kier alpha value is -3.03. The number of rotatable bonds is 4. The summed E-state index contributed by atoms with van der Waals surface area (Å²) in [7, 11) is 1.36. The highest BCUT2D eigenvalue weighted by Gasteiger charge is 2.06. The minimum absolute atomic E-state index is 0. The number of carbonyl (C=O) groups excluding carboxylic acids is 1. The lowest BCUT2D eigenvalue weighted by molar-refractivity contribution is 0.0600. The highest BCUT2D eigenvalue weighted by Crippen LogP contribution is 2.10. The molecule has 0 unspecified atom stereocenters. The van der Waals surface area contributed by atoms with Crippen molar-refractivity contribution < 1.29 is 11.0 Å². The maximum atomic E-state index is 11.5. The first-order chi connectivity index (χ1) is 11.3. The average molecular weight is 316 g/mol. The Labute approximate surface area is 134 Å². The number of tetrazole rings is 1. The van der Waals surface area contributed by atoms with Gasteiger partial charge in [-0.2, -0.15) is 0 Å². The van der Waals surface area contributed by atoms with E-state index >= 15 is 0 Å². The van der Waals surface area contributed by atoms with Gasteiger partial charge in [0.05, 0.1) is 12.7 Å². The molecule has 0 radical (unpaired) electrons. The third-order valence-corrected chi connectivity index (χ3v) is 2.89. The average Bonchev–Trinajstić information content (AvgIpc) is 3.09. The molecular formula is C15H20N6O2. The zero-order chi connectivity index (χ0) is 16.7. The smallest absolute Gasteiger partial charge is 0.337 e. The summed E-state index contributed by atoms with van der Waals surface area (Å²) in [6.07, 6.45) is 0. The van der Waals surface area contributed by atoms with Gasteiger partial charge >= 0.3 is 5.97 Å². The molecule has 122 valence electrons. The molecule has 0 aliphatic rings. The largest absolute Gasteiger partial charge is 0.465 e. The predicted octanol–water partition coefficient (Wildman–Crippen LogP) is 2.19. The molecule has 2 aromatic heterocycles. The highest BCUT2D eigenvalue weighted by atomic mass is 16.5. The van der Waals surface area contributed by atoms with Crippen LogP contribution >= 0.6 is 0 Å². The summed E-state index contributed by atoms with van der Waals surface area (Å²) < 4.78 is 6.04. The molecule has 0 bridgehead atoms. The quantitative estimate of drug-likeness (QED) is 0.737. The van der Waals surface area contributed by atoms with Crippen LogP contribution in [0.3, 0.4) is 0 Å². The molecule has 0 aliphatic heterocycles. The molecule has 0 aliphatic carbocycles. The van der Waals surface area contributed by atoms with Gasteiger partial charge in [0.2, 0.25) is 0 Å². The van der Waals surface area contributed by atoms with E-state index in [9.17, 15) is 4.79 Å². The van der Waals surface area contributed by atoms with Gasteiger partial charge in [-0.1, -0.05) is 26.0 Å². The number of carbonyl (C=O) groups is 1. The van der Waals surface area contributed by atoms with Crippen molar-refractivity contribution in [1.29, 1.82) is 0 Å². The van der Waals surface area contributed by atoms with E-state index in [1.54, 1.807) is 30.3 Å². The van der Waals surface area contributed by atoms with E-state index in [1.807, 2.05) is 19.9 Å². The zero-order valence-electron chi connectivity index (χ0n) is 13.2. The van der Waals surface area contributed by atoms with E-state index in [0.717, 1.165) is 5.56 Å². The standard InChI is InChI=1S/C13H12N6O2.C2H6.H2/c1-21-13(20)10-4-2-3-9(7-10)8-14-11-5-6-12-15-17-18-19(12)16-11;1-2;/h2-7H,8H2,1H3,(H,14,16);1-2H3;1H. The third kappa shape index (κ3) is 4.00. The fraction of sp³-hybridized carbons (Fsp3) is 0.267. The molecule has 23 heavy (non-hydrogen) atoms. The first kappa shape index (κ1) is 16.3. The van der Waals surface area contributed by atoms with Crippen LogP contribution in [-0.4, -0.2) is 38.3 Å². The summed E-state index contributed by atoms with van der Waals surface area (Å²) >= 11 is 0. The van der Waals surface area contributed by atoms with Crippen molar-refractivity contribution in [1.82, 2.24) is 25.3 Å². The van der Waals surface area contributed by atoms with Gasteiger partial charge in [0.1, 0.15) is 5.82 Å². The summed E-state index contributed by atoms with van der Waals surface area (Å²) in [5, 5.41) is 18.4. The molecule has 3 rings (SSSR count). The van der Waals surface area contributed by atoms with Crippen molar-refractivity contribution in [2.24, 2.45) is 0 Å². The Bertz CT molecular complexity index is 792. The second-order valence-electron chi connectivity index (χ2n) is 4.29. The van der Waals surface area contributed by atoms with Gasteiger partial charge in [-0.25, -0.2) is 4.79 Å². The van der Waals surface area contributed by atoms with Crippen LogP contribution in [0.25, 0.3) is 5.65 Å². The number of nitrogens with zero attached hydrogens (tertiary/aromatic N) is 5.